The first-order valence-electron chi connectivity index (χ1n) is 6.25. The molecule has 0 spiro atoms. The van der Waals surface area contributed by atoms with Crippen molar-refractivity contribution in [2.75, 3.05) is 17.2 Å². The van der Waals surface area contributed by atoms with Crippen LogP contribution in [-0.4, -0.2) is 32.0 Å². The van der Waals surface area contributed by atoms with Gasteiger partial charge in [-0.05, 0) is 36.5 Å². The summed E-state index contributed by atoms with van der Waals surface area (Å²) in [6.45, 7) is 0. The Hall–Kier alpha value is -1.69. The zero-order valence-electron chi connectivity index (χ0n) is 10.4. The van der Waals surface area contributed by atoms with E-state index in [1.54, 1.807) is 18.3 Å². The molecule has 5 nitrogen and oxygen atoms in total. The summed E-state index contributed by atoms with van der Waals surface area (Å²) in [5.74, 6) is 2.37. The molecule has 1 aliphatic rings. The van der Waals surface area contributed by atoms with Crippen LogP contribution in [-0.2, 0) is 0 Å². The number of aromatic carboxylic acids is 1. The van der Waals surface area contributed by atoms with Crippen molar-refractivity contribution in [2.24, 2.45) is 0 Å². The molecule has 1 aliphatic heterocycles. The molecule has 0 unspecified atom stereocenters. The largest absolute Gasteiger partial charge is 0.476 e. The van der Waals surface area contributed by atoms with Crippen molar-refractivity contribution in [3.8, 4) is 0 Å². The first kappa shape index (κ1) is 12.3. The average Bonchev–Trinajstić information content (AvgIpc) is 2.78. The number of hydrogen-bond acceptors (Lipinski definition) is 4. The number of pyridine rings is 1. The van der Waals surface area contributed by atoms with E-state index in [4.69, 9.17) is 5.73 Å². The lowest BCUT2D eigenvalue weighted by Crippen LogP contribution is -2.11. The number of carbonyl (C=O) groups is 1. The summed E-state index contributed by atoms with van der Waals surface area (Å²) in [7, 11) is 0. The van der Waals surface area contributed by atoms with Gasteiger partial charge in [-0.15, -0.1) is 0 Å². The van der Waals surface area contributed by atoms with Crippen LogP contribution >= 0.6 is 11.8 Å². The number of nitrogen functional groups attached to an aromatic ring is 1. The van der Waals surface area contributed by atoms with E-state index in [9.17, 15) is 9.90 Å². The first-order chi connectivity index (χ1) is 9.16. The molecule has 0 bridgehead atoms. The van der Waals surface area contributed by atoms with Crippen LogP contribution in [0.3, 0.4) is 0 Å². The van der Waals surface area contributed by atoms with E-state index in [0.717, 1.165) is 30.2 Å². The fourth-order valence-corrected chi connectivity index (χ4v) is 3.63. The summed E-state index contributed by atoms with van der Waals surface area (Å²) in [6.07, 6.45) is 3.85. The van der Waals surface area contributed by atoms with E-state index >= 15 is 0 Å². The highest BCUT2D eigenvalue weighted by atomic mass is 32.2. The molecule has 0 aliphatic carbocycles. The van der Waals surface area contributed by atoms with Gasteiger partial charge in [-0.2, -0.15) is 11.8 Å². The quantitative estimate of drug-likeness (QED) is 0.879. The van der Waals surface area contributed by atoms with E-state index < -0.39 is 5.97 Å². The van der Waals surface area contributed by atoms with Gasteiger partial charge in [0.25, 0.3) is 0 Å². The number of anilines is 1. The van der Waals surface area contributed by atoms with Crippen molar-refractivity contribution in [1.29, 1.82) is 0 Å². The Morgan fingerprint density at radius 1 is 1.42 bits per heavy atom. The highest BCUT2D eigenvalue weighted by Gasteiger charge is 2.24. The summed E-state index contributed by atoms with van der Waals surface area (Å²) in [5.41, 5.74) is 7.17. The fourth-order valence-electron chi connectivity index (χ4n) is 2.53. The van der Waals surface area contributed by atoms with Gasteiger partial charge in [-0.1, -0.05) is 0 Å². The van der Waals surface area contributed by atoms with Gasteiger partial charge in [0.05, 0.1) is 5.52 Å². The number of rotatable bonds is 2. The lowest BCUT2D eigenvalue weighted by atomic mass is 10.0. The van der Waals surface area contributed by atoms with Crippen LogP contribution < -0.4 is 5.73 Å². The summed E-state index contributed by atoms with van der Waals surface area (Å²) < 4.78 is 1.85. The molecule has 0 radical (unpaired) electrons. The third-order valence-corrected chi connectivity index (χ3v) is 4.52. The van der Waals surface area contributed by atoms with E-state index in [2.05, 4.69) is 4.98 Å². The lowest BCUT2D eigenvalue weighted by molar-refractivity contribution is 0.0693. The first-order valence-corrected chi connectivity index (χ1v) is 7.41. The van der Waals surface area contributed by atoms with Gasteiger partial charge in [0.2, 0.25) is 0 Å². The van der Waals surface area contributed by atoms with Crippen LogP contribution in [0.1, 0.15) is 35.1 Å². The van der Waals surface area contributed by atoms with Gasteiger partial charge in [-0.3, -0.25) is 0 Å². The Balaban J connectivity index is 2.17. The zero-order chi connectivity index (χ0) is 13.4. The minimum absolute atomic E-state index is 0.119. The summed E-state index contributed by atoms with van der Waals surface area (Å²) in [5, 5.41) is 9.25. The van der Waals surface area contributed by atoms with Crippen molar-refractivity contribution >= 4 is 28.9 Å². The van der Waals surface area contributed by atoms with Gasteiger partial charge in [0.15, 0.2) is 5.69 Å². The molecular formula is C13H15N3O2S. The third kappa shape index (κ3) is 2.16. The predicted molar refractivity (Wildman–Crippen MR) is 75.9 cm³/mol. The maximum Gasteiger partial charge on any atom is 0.356 e. The highest BCUT2D eigenvalue weighted by molar-refractivity contribution is 7.99. The highest BCUT2D eigenvalue weighted by Crippen LogP contribution is 2.32. The molecule has 3 N–H and O–H groups in total. The van der Waals surface area contributed by atoms with Gasteiger partial charge < -0.3 is 15.2 Å². The smallest absolute Gasteiger partial charge is 0.356 e. The van der Waals surface area contributed by atoms with Crippen molar-refractivity contribution in [3.05, 3.63) is 29.8 Å². The molecule has 0 amide bonds. The van der Waals surface area contributed by atoms with E-state index in [-0.39, 0.29) is 5.69 Å². The molecule has 19 heavy (non-hydrogen) atoms. The number of thioether (sulfide) groups is 1. The minimum atomic E-state index is -0.987. The second-order valence-corrected chi connectivity index (χ2v) is 5.95. The van der Waals surface area contributed by atoms with Gasteiger partial charge in [-0.25, -0.2) is 9.78 Å². The third-order valence-electron chi connectivity index (χ3n) is 3.48. The Morgan fingerprint density at radius 2 is 2.16 bits per heavy atom. The van der Waals surface area contributed by atoms with Gasteiger partial charge in [0.1, 0.15) is 5.82 Å². The van der Waals surface area contributed by atoms with E-state index in [0.29, 0.717) is 17.1 Å². The normalized spacial score (nSPS) is 16.8. The maximum atomic E-state index is 11.3. The van der Waals surface area contributed by atoms with Crippen LogP contribution in [0, 0.1) is 0 Å². The minimum Gasteiger partial charge on any atom is -0.476 e. The Labute approximate surface area is 114 Å². The monoisotopic (exact) mass is 277 g/mol. The zero-order valence-corrected chi connectivity index (χ0v) is 11.2. The average molecular weight is 277 g/mol. The van der Waals surface area contributed by atoms with Gasteiger partial charge >= 0.3 is 5.97 Å². The van der Waals surface area contributed by atoms with Crippen molar-refractivity contribution in [2.45, 2.75) is 18.8 Å². The second kappa shape index (κ2) is 4.77. The number of imidazole rings is 1. The Kier molecular flexibility index (Phi) is 3.10. The summed E-state index contributed by atoms with van der Waals surface area (Å²) in [4.78, 5) is 15.6. The van der Waals surface area contributed by atoms with Crippen LogP contribution in [0.25, 0.3) is 5.52 Å². The van der Waals surface area contributed by atoms with Crippen LogP contribution in [0.2, 0.25) is 0 Å². The fraction of sp³-hybridized carbons (Fsp3) is 0.385. The number of nitrogens with zero attached hydrogens (tertiary/aromatic N) is 2. The molecule has 100 valence electrons. The Bertz CT molecular complexity index is 632. The number of hydrogen-bond donors (Lipinski definition) is 2. The molecule has 3 heterocycles. The second-order valence-electron chi connectivity index (χ2n) is 4.73. The molecular weight excluding hydrogens is 262 g/mol. The molecule has 2 aromatic heterocycles. The summed E-state index contributed by atoms with van der Waals surface area (Å²) in [6, 6.07) is 3.44. The van der Waals surface area contributed by atoms with E-state index in [1.165, 1.54) is 0 Å². The molecule has 0 aromatic carbocycles. The van der Waals surface area contributed by atoms with Crippen LogP contribution in [0.4, 0.5) is 5.69 Å². The molecule has 2 aromatic rings. The predicted octanol–water partition coefficient (Wildman–Crippen LogP) is 2.23. The standard InChI is InChI=1S/C13H15N3O2S/c14-9-1-2-10-11(13(17)18)15-12(16(10)7-9)8-3-5-19-6-4-8/h1-2,7-8H,3-6,14H2,(H,17,18). The number of carboxylic acids is 1. The molecule has 3 rings (SSSR count). The molecule has 1 fully saturated rings. The topological polar surface area (TPSA) is 80.6 Å². The van der Waals surface area contributed by atoms with Crippen LogP contribution in [0.15, 0.2) is 18.3 Å². The lowest BCUT2D eigenvalue weighted by Gasteiger charge is -2.20. The molecule has 1 saturated heterocycles. The Morgan fingerprint density at radius 3 is 2.84 bits per heavy atom. The summed E-state index contributed by atoms with van der Waals surface area (Å²) >= 11 is 1.94. The van der Waals surface area contributed by atoms with Crippen molar-refractivity contribution in [1.82, 2.24) is 9.38 Å². The number of aromatic nitrogens is 2. The van der Waals surface area contributed by atoms with Crippen molar-refractivity contribution < 1.29 is 9.90 Å². The number of fused-ring (bicyclic) bond motifs is 1. The van der Waals surface area contributed by atoms with Gasteiger partial charge in [0, 0.05) is 17.8 Å². The number of carboxylic acid groups (broad SMARTS) is 1. The maximum absolute atomic E-state index is 11.3. The van der Waals surface area contributed by atoms with Crippen molar-refractivity contribution in [3.63, 3.8) is 0 Å². The molecule has 6 heteroatoms. The number of nitrogens with two attached hydrogens (primary N) is 1. The van der Waals surface area contributed by atoms with E-state index in [1.807, 2.05) is 16.2 Å². The molecule has 0 atom stereocenters. The molecule has 0 saturated carbocycles. The SMILES string of the molecule is Nc1ccc2c(C(=O)O)nc(C3CCSCC3)n2c1. The van der Waals surface area contributed by atoms with Crippen LogP contribution in [0.5, 0.6) is 0 Å².